The Morgan fingerprint density at radius 1 is 1.08 bits per heavy atom. The molecule has 0 bridgehead atoms. The van der Waals surface area contributed by atoms with Crippen molar-refractivity contribution in [3.63, 3.8) is 0 Å². The first-order chi connectivity index (χ1) is 11.6. The SMILES string of the molecule is C[NH+](C1CCCCC1)C1CCN(C(=S)Nc2ccccc2Cl)CC1. The second-order valence-electron chi connectivity index (χ2n) is 7.25. The molecule has 0 spiro atoms. The second-order valence-corrected chi connectivity index (χ2v) is 8.04. The third kappa shape index (κ3) is 4.41. The van der Waals surface area contributed by atoms with Gasteiger partial charge in [-0.25, -0.2) is 0 Å². The molecule has 1 saturated carbocycles. The summed E-state index contributed by atoms with van der Waals surface area (Å²) in [5.74, 6) is 0. The minimum Gasteiger partial charge on any atom is -0.349 e. The number of thiocarbonyl (C=S) groups is 1. The first-order valence-corrected chi connectivity index (χ1v) is 10.1. The monoisotopic (exact) mass is 366 g/mol. The Bertz CT molecular complexity index is 551. The van der Waals surface area contributed by atoms with E-state index in [0.717, 1.165) is 41.0 Å². The first kappa shape index (κ1) is 18.0. The van der Waals surface area contributed by atoms with Crippen LogP contribution in [-0.2, 0) is 0 Å². The molecule has 2 fully saturated rings. The van der Waals surface area contributed by atoms with Crippen molar-refractivity contribution in [3.8, 4) is 0 Å². The first-order valence-electron chi connectivity index (χ1n) is 9.29. The molecule has 24 heavy (non-hydrogen) atoms. The largest absolute Gasteiger partial charge is 0.349 e. The van der Waals surface area contributed by atoms with Gasteiger partial charge in [0.2, 0.25) is 0 Å². The molecule has 1 aliphatic heterocycles. The Labute approximate surface area is 156 Å². The number of rotatable bonds is 3. The predicted molar refractivity (Wildman–Crippen MR) is 106 cm³/mol. The zero-order valence-corrected chi connectivity index (χ0v) is 16.1. The lowest BCUT2D eigenvalue weighted by Crippen LogP contribution is -3.17. The average molecular weight is 367 g/mol. The summed E-state index contributed by atoms with van der Waals surface area (Å²) >= 11 is 11.8. The molecule has 2 aliphatic rings. The van der Waals surface area contributed by atoms with Gasteiger partial charge in [-0.1, -0.05) is 30.2 Å². The molecule has 2 N–H and O–H groups in total. The topological polar surface area (TPSA) is 19.7 Å². The molecule has 3 nitrogen and oxygen atoms in total. The van der Waals surface area contributed by atoms with E-state index in [-0.39, 0.29) is 0 Å². The lowest BCUT2D eigenvalue weighted by Gasteiger charge is -2.39. The van der Waals surface area contributed by atoms with Crippen molar-refractivity contribution >= 4 is 34.6 Å². The van der Waals surface area contributed by atoms with Crippen LogP contribution in [0.25, 0.3) is 0 Å². The number of hydrogen-bond acceptors (Lipinski definition) is 1. The van der Waals surface area contributed by atoms with Crippen LogP contribution in [0.1, 0.15) is 44.9 Å². The number of nitrogens with zero attached hydrogens (tertiary/aromatic N) is 1. The number of anilines is 1. The molecular formula is C19H29ClN3S+. The normalized spacial score (nSPS) is 21.5. The Kier molecular flexibility index (Phi) is 6.37. The van der Waals surface area contributed by atoms with Gasteiger partial charge in [0.25, 0.3) is 0 Å². The summed E-state index contributed by atoms with van der Waals surface area (Å²) in [6.07, 6.45) is 9.57. The van der Waals surface area contributed by atoms with Gasteiger partial charge in [-0.05, 0) is 50.0 Å². The molecular weight excluding hydrogens is 338 g/mol. The van der Waals surface area contributed by atoms with Crippen molar-refractivity contribution in [2.24, 2.45) is 0 Å². The summed E-state index contributed by atoms with van der Waals surface area (Å²) in [5.41, 5.74) is 0.899. The van der Waals surface area contributed by atoms with Crippen LogP contribution in [0, 0.1) is 0 Å². The standard InChI is InChI=1S/C19H28ClN3S/c1-22(15-7-3-2-4-8-15)16-11-13-23(14-12-16)19(24)21-18-10-6-5-9-17(18)20/h5-6,9-10,15-16H,2-4,7-8,11-14H2,1H3,(H,21,24)/p+1. The second kappa shape index (κ2) is 8.50. The van der Waals surface area contributed by atoms with Crippen molar-refractivity contribution in [2.75, 3.05) is 25.5 Å². The fraction of sp³-hybridized carbons (Fsp3) is 0.632. The van der Waals surface area contributed by atoms with Crippen molar-refractivity contribution in [2.45, 2.75) is 57.0 Å². The molecule has 1 saturated heterocycles. The van der Waals surface area contributed by atoms with Gasteiger partial charge in [0.05, 0.1) is 29.8 Å². The summed E-state index contributed by atoms with van der Waals surface area (Å²) in [7, 11) is 2.41. The highest BCUT2D eigenvalue weighted by atomic mass is 35.5. The number of piperidine rings is 1. The molecule has 1 atom stereocenters. The van der Waals surface area contributed by atoms with Crippen LogP contribution >= 0.6 is 23.8 Å². The number of nitrogens with one attached hydrogen (secondary N) is 2. The van der Waals surface area contributed by atoms with Gasteiger partial charge in [-0.2, -0.15) is 0 Å². The highest BCUT2D eigenvalue weighted by Gasteiger charge is 2.31. The summed E-state index contributed by atoms with van der Waals surface area (Å²) in [6, 6.07) is 9.44. The number of para-hydroxylation sites is 1. The van der Waals surface area contributed by atoms with E-state index in [0.29, 0.717) is 0 Å². The Hall–Kier alpha value is -0.840. The average Bonchev–Trinajstić information content (AvgIpc) is 2.64. The maximum absolute atomic E-state index is 6.21. The van der Waals surface area contributed by atoms with Crippen LogP contribution in [0.2, 0.25) is 5.02 Å². The van der Waals surface area contributed by atoms with E-state index in [1.807, 2.05) is 24.3 Å². The van der Waals surface area contributed by atoms with Crippen molar-refractivity contribution in [3.05, 3.63) is 29.3 Å². The van der Waals surface area contributed by atoms with E-state index in [1.165, 1.54) is 44.9 Å². The molecule has 0 aromatic heterocycles. The maximum atomic E-state index is 6.21. The van der Waals surface area contributed by atoms with E-state index in [2.05, 4.69) is 17.3 Å². The number of benzene rings is 1. The van der Waals surface area contributed by atoms with E-state index in [1.54, 1.807) is 4.90 Å². The van der Waals surface area contributed by atoms with E-state index < -0.39 is 0 Å². The Morgan fingerprint density at radius 2 is 1.71 bits per heavy atom. The number of likely N-dealkylation sites (tertiary alicyclic amines) is 1. The molecule has 1 heterocycles. The highest BCUT2D eigenvalue weighted by molar-refractivity contribution is 7.80. The minimum absolute atomic E-state index is 0.719. The molecule has 1 aromatic carbocycles. The van der Waals surface area contributed by atoms with Gasteiger partial charge < -0.3 is 15.1 Å². The van der Waals surface area contributed by atoms with E-state index in [4.69, 9.17) is 23.8 Å². The number of quaternary nitrogens is 1. The van der Waals surface area contributed by atoms with Crippen LogP contribution < -0.4 is 10.2 Å². The molecule has 1 aliphatic carbocycles. The third-order valence-electron chi connectivity index (χ3n) is 5.79. The lowest BCUT2D eigenvalue weighted by atomic mass is 9.92. The van der Waals surface area contributed by atoms with Crippen LogP contribution in [-0.4, -0.2) is 42.2 Å². The molecule has 5 heteroatoms. The molecule has 3 rings (SSSR count). The molecule has 0 radical (unpaired) electrons. The summed E-state index contributed by atoms with van der Waals surface area (Å²) < 4.78 is 0. The molecule has 1 unspecified atom stereocenters. The van der Waals surface area contributed by atoms with Crippen LogP contribution in [0.5, 0.6) is 0 Å². The fourth-order valence-electron chi connectivity index (χ4n) is 4.19. The minimum atomic E-state index is 0.719. The number of hydrogen-bond donors (Lipinski definition) is 2. The number of halogens is 1. The predicted octanol–water partition coefficient (Wildman–Crippen LogP) is 3.35. The van der Waals surface area contributed by atoms with Gasteiger partial charge in [-0.15, -0.1) is 0 Å². The van der Waals surface area contributed by atoms with Crippen LogP contribution in [0.3, 0.4) is 0 Å². The molecule has 0 amide bonds. The lowest BCUT2D eigenvalue weighted by molar-refractivity contribution is -0.933. The van der Waals surface area contributed by atoms with Gasteiger partial charge in [-0.3, -0.25) is 0 Å². The fourth-order valence-corrected chi connectivity index (χ4v) is 4.66. The third-order valence-corrected chi connectivity index (χ3v) is 6.48. The molecule has 132 valence electrons. The summed E-state index contributed by atoms with van der Waals surface area (Å²) in [5, 5.41) is 4.83. The highest BCUT2D eigenvalue weighted by Crippen LogP contribution is 2.22. The van der Waals surface area contributed by atoms with Gasteiger partial charge in [0.1, 0.15) is 0 Å². The Morgan fingerprint density at radius 3 is 2.38 bits per heavy atom. The van der Waals surface area contributed by atoms with Gasteiger partial charge >= 0.3 is 0 Å². The Balaban J connectivity index is 1.49. The van der Waals surface area contributed by atoms with Gasteiger partial charge in [0.15, 0.2) is 5.11 Å². The zero-order valence-electron chi connectivity index (χ0n) is 14.6. The van der Waals surface area contributed by atoms with Crippen molar-refractivity contribution < 1.29 is 4.90 Å². The summed E-state index contributed by atoms with van der Waals surface area (Å²) in [4.78, 5) is 4.06. The van der Waals surface area contributed by atoms with E-state index in [9.17, 15) is 0 Å². The van der Waals surface area contributed by atoms with Crippen LogP contribution in [0.15, 0.2) is 24.3 Å². The summed E-state index contributed by atoms with van der Waals surface area (Å²) in [6.45, 7) is 2.09. The van der Waals surface area contributed by atoms with Gasteiger partial charge in [0, 0.05) is 25.9 Å². The smallest absolute Gasteiger partial charge is 0.173 e. The molecule has 1 aromatic rings. The zero-order chi connectivity index (χ0) is 16.9. The van der Waals surface area contributed by atoms with Crippen molar-refractivity contribution in [1.29, 1.82) is 0 Å². The van der Waals surface area contributed by atoms with Crippen LogP contribution in [0.4, 0.5) is 5.69 Å². The van der Waals surface area contributed by atoms with E-state index >= 15 is 0 Å². The van der Waals surface area contributed by atoms with Crippen molar-refractivity contribution in [1.82, 2.24) is 4.90 Å². The quantitative estimate of drug-likeness (QED) is 0.800. The maximum Gasteiger partial charge on any atom is 0.173 e.